The molecule has 5 saturated carbocycles. The van der Waals surface area contributed by atoms with Gasteiger partial charge in [-0.15, -0.1) is 0 Å². The summed E-state index contributed by atoms with van der Waals surface area (Å²) in [5, 5.41) is 0. The Morgan fingerprint density at radius 2 is 1.27 bits per heavy atom. The van der Waals surface area contributed by atoms with E-state index in [0.717, 1.165) is 29.2 Å². The molecule has 0 spiro atoms. The van der Waals surface area contributed by atoms with Gasteiger partial charge in [-0.2, -0.15) is 0 Å². The summed E-state index contributed by atoms with van der Waals surface area (Å²) in [4.78, 5) is 5.68. The third kappa shape index (κ3) is 2.55. The average Bonchev–Trinajstić information content (AvgIpc) is 3.00. The summed E-state index contributed by atoms with van der Waals surface area (Å²) in [6, 6.07) is 0.946. The van der Waals surface area contributed by atoms with Crippen LogP contribution in [0.2, 0.25) is 0 Å². The zero-order chi connectivity index (χ0) is 14.6. The van der Waals surface area contributed by atoms with Crippen LogP contribution in [0.15, 0.2) is 0 Å². The molecule has 6 aliphatic rings. The molecular weight excluding hydrogens is 268 g/mol. The van der Waals surface area contributed by atoms with Crippen molar-refractivity contribution in [1.29, 1.82) is 0 Å². The molecule has 0 aromatic carbocycles. The molecule has 1 aliphatic heterocycles. The van der Waals surface area contributed by atoms with E-state index < -0.39 is 0 Å². The summed E-state index contributed by atoms with van der Waals surface area (Å²) >= 11 is 0. The first-order valence-electron chi connectivity index (χ1n) is 10.2. The van der Waals surface area contributed by atoms with E-state index in [1.165, 1.54) is 58.4 Å². The second-order valence-electron chi connectivity index (χ2n) is 9.67. The Bertz CT molecular complexity index is 369. The molecule has 0 aromatic rings. The van der Waals surface area contributed by atoms with E-state index in [-0.39, 0.29) is 0 Å². The highest BCUT2D eigenvalue weighted by Crippen LogP contribution is 2.60. The van der Waals surface area contributed by atoms with E-state index in [9.17, 15) is 0 Å². The standard InChI is InChI=1S/C20H34N2/c1-2-4-19(3-1)22-7-5-21(6-8-22)15-20-12-16-9-17(13-20)11-18(10-16)14-20/h16-19H,1-15H2. The van der Waals surface area contributed by atoms with Crippen LogP contribution in [0.1, 0.15) is 64.2 Å². The summed E-state index contributed by atoms with van der Waals surface area (Å²) in [6.07, 6.45) is 15.5. The largest absolute Gasteiger partial charge is 0.300 e. The summed E-state index contributed by atoms with van der Waals surface area (Å²) in [5.41, 5.74) is 0.754. The summed E-state index contributed by atoms with van der Waals surface area (Å²) in [6.45, 7) is 6.89. The molecule has 4 bridgehead atoms. The number of hydrogen-bond acceptors (Lipinski definition) is 2. The fraction of sp³-hybridized carbons (Fsp3) is 1.00. The minimum atomic E-state index is 0.754. The number of hydrogen-bond donors (Lipinski definition) is 0. The monoisotopic (exact) mass is 302 g/mol. The summed E-state index contributed by atoms with van der Waals surface area (Å²) < 4.78 is 0. The smallest absolute Gasteiger partial charge is 0.0113 e. The second kappa shape index (κ2) is 5.48. The van der Waals surface area contributed by atoms with E-state index in [1.54, 1.807) is 38.5 Å². The van der Waals surface area contributed by atoms with Gasteiger partial charge in [-0.05, 0) is 74.5 Å². The highest BCUT2D eigenvalue weighted by molar-refractivity contribution is 5.02. The quantitative estimate of drug-likeness (QED) is 0.783. The molecule has 22 heavy (non-hydrogen) atoms. The maximum atomic E-state index is 2.86. The van der Waals surface area contributed by atoms with Crippen LogP contribution in [0.4, 0.5) is 0 Å². The van der Waals surface area contributed by atoms with Crippen molar-refractivity contribution in [3.63, 3.8) is 0 Å². The van der Waals surface area contributed by atoms with Gasteiger partial charge in [0.15, 0.2) is 0 Å². The van der Waals surface area contributed by atoms with E-state index in [4.69, 9.17) is 0 Å². The normalized spacial score (nSPS) is 46.6. The van der Waals surface area contributed by atoms with Crippen LogP contribution in [0.5, 0.6) is 0 Å². The molecule has 0 atom stereocenters. The van der Waals surface area contributed by atoms with Gasteiger partial charge in [0.05, 0.1) is 0 Å². The van der Waals surface area contributed by atoms with Crippen molar-refractivity contribution in [3.05, 3.63) is 0 Å². The minimum Gasteiger partial charge on any atom is -0.300 e. The molecule has 0 unspecified atom stereocenters. The number of nitrogens with zero attached hydrogens (tertiary/aromatic N) is 2. The van der Waals surface area contributed by atoms with Gasteiger partial charge in [0.25, 0.3) is 0 Å². The Morgan fingerprint density at radius 3 is 1.82 bits per heavy atom. The predicted molar refractivity (Wildman–Crippen MR) is 90.9 cm³/mol. The Labute approximate surface area is 136 Å². The number of rotatable bonds is 3. The summed E-state index contributed by atoms with van der Waals surface area (Å²) in [5.74, 6) is 3.35. The van der Waals surface area contributed by atoms with Crippen LogP contribution in [-0.4, -0.2) is 48.6 Å². The van der Waals surface area contributed by atoms with E-state index >= 15 is 0 Å². The topological polar surface area (TPSA) is 6.48 Å². The van der Waals surface area contributed by atoms with Gasteiger partial charge in [-0.25, -0.2) is 0 Å². The Kier molecular flexibility index (Phi) is 3.56. The molecule has 0 aromatic heterocycles. The van der Waals surface area contributed by atoms with Crippen molar-refractivity contribution >= 4 is 0 Å². The molecule has 0 N–H and O–H groups in total. The summed E-state index contributed by atoms with van der Waals surface area (Å²) in [7, 11) is 0. The maximum Gasteiger partial charge on any atom is 0.0113 e. The molecule has 0 amide bonds. The van der Waals surface area contributed by atoms with Gasteiger partial charge < -0.3 is 4.90 Å². The van der Waals surface area contributed by atoms with E-state index in [2.05, 4.69) is 9.80 Å². The molecule has 1 saturated heterocycles. The van der Waals surface area contributed by atoms with Gasteiger partial charge >= 0.3 is 0 Å². The highest BCUT2D eigenvalue weighted by Gasteiger charge is 2.51. The Hall–Kier alpha value is -0.0800. The van der Waals surface area contributed by atoms with Crippen LogP contribution in [-0.2, 0) is 0 Å². The lowest BCUT2D eigenvalue weighted by Gasteiger charge is -2.58. The molecular formula is C20H34N2. The van der Waals surface area contributed by atoms with Crippen molar-refractivity contribution in [2.75, 3.05) is 32.7 Å². The molecule has 5 aliphatic carbocycles. The molecule has 124 valence electrons. The molecule has 6 rings (SSSR count). The fourth-order valence-corrected chi connectivity index (χ4v) is 7.51. The van der Waals surface area contributed by atoms with E-state index in [0.29, 0.717) is 0 Å². The second-order valence-corrected chi connectivity index (χ2v) is 9.67. The van der Waals surface area contributed by atoms with Crippen molar-refractivity contribution in [1.82, 2.24) is 9.80 Å². The lowest BCUT2D eigenvalue weighted by molar-refractivity contribution is -0.0746. The average molecular weight is 303 g/mol. The van der Waals surface area contributed by atoms with Crippen LogP contribution in [0, 0.1) is 23.2 Å². The molecule has 1 heterocycles. The zero-order valence-electron chi connectivity index (χ0n) is 14.3. The zero-order valence-corrected chi connectivity index (χ0v) is 14.3. The third-order valence-electron chi connectivity index (χ3n) is 7.97. The van der Waals surface area contributed by atoms with Gasteiger partial charge in [0, 0.05) is 38.8 Å². The first-order chi connectivity index (χ1) is 10.8. The van der Waals surface area contributed by atoms with Crippen LogP contribution < -0.4 is 0 Å². The lowest BCUT2D eigenvalue weighted by atomic mass is 9.49. The predicted octanol–water partition coefficient (Wildman–Crippen LogP) is 3.76. The van der Waals surface area contributed by atoms with Crippen molar-refractivity contribution in [2.45, 2.75) is 70.3 Å². The molecule has 2 heteroatoms. The van der Waals surface area contributed by atoms with Crippen molar-refractivity contribution < 1.29 is 0 Å². The van der Waals surface area contributed by atoms with Crippen molar-refractivity contribution in [2.24, 2.45) is 23.2 Å². The van der Waals surface area contributed by atoms with Gasteiger partial charge in [-0.1, -0.05) is 12.8 Å². The maximum absolute atomic E-state index is 2.86. The molecule has 0 radical (unpaired) electrons. The Balaban J connectivity index is 1.19. The SMILES string of the molecule is C1CCC(N2CCN(CC34CC5CC(CC(C5)C3)C4)CC2)C1. The lowest BCUT2D eigenvalue weighted by Crippen LogP contribution is -2.55. The molecule has 6 fully saturated rings. The first-order valence-corrected chi connectivity index (χ1v) is 10.2. The van der Waals surface area contributed by atoms with Crippen LogP contribution in [0.3, 0.4) is 0 Å². The fourth-order valence-electron chi connectivity index (χ4n) is 7.51. The van der Waals surface area contributed by atoms with Crippen LogP contribution >= 0.6 is 0 Å². The van der Waals surface area contributed by atoms with Crippen LogP contribution in [0.25, 0.3) is 0 Å². The minimum absolute atomic E-state index is 0.754. The van der Waals surface area contributed by atoms with Gasteiger partial charge in [0.2, 0.25) is 0 Å². The Morgan fingerprint density at radius 1 is 0.727 bits per heavy atom. The van der Waals surface area contributed by atoms with Gasteiger partial charge in [-0.3, -0.25) is 4.90 Å². The van der Waals surface area contributed by atoms with Gasteiger partial charge in [0.1, 0.15) is 0 Å². The van der Waals surface area contributed by atoms with Crippen molar-refractivity contribution in [3.8, 4) is 0 Å². The van der Waals surface area contributed by atoms with E-state index in [1.807, 2.05) is 0 Å². The molecule has 2 nitrogen and oxygen atoms in total. The highest BCUT2D eigenvalue weighted by atomic mass is 15.3. The number of piperazine rings is 1. The third-order valence-corrected chi connectivity index (χ3v) is 7.97. The first kappa shape index (κ1) is 14.3.